The van der Waals surface area contributed by atoms with E-state index in [0.717, 1.165) is 43.2 Å². The molecule has 6 nitrogen and oxygen atoms in total. The maximum Gasteiger partial charge on any atom is 0.191 e. The number of piperidine rings is 1. The second kappa shape index (κ2) is 10.1. The molecule has 1 aliphatic rings. The number of guanidine groups is 1. The molecular weight excluding hydrogens is 316 g/mol. The highest BCUT2D eigenvalue weighted by Gasteiger charge is 2.19. The van der Waals surface area contributed by atoms with Gasteiger partial charge in [-0.25, -0.2) is 0 Å². The van der Waals surface area contributed by atoms with E-state index in [9.17, 15) is 5.11 Å². The van der Waals surface area contributed by atoms with Crippen LogP contribution in [0.4, 0.5) is 0 Å². The van der Waals surface area contributed by atoms with E-state index in [1.165, 1.54) is 19.4 Å². The molecule has 0 saturated carbocycles. The van der Waals surface area contributed by atoms with Crippen LogP contribution >= 0.6 is 0 Å². The van der Waals surface area contributed by atoms with Gasteiger partial charge in [0.2, 0.25) is 0 Å². The molecule has 0 aliphatic carbocycles. The van der Waals surface area contributed by atoms with Gasteiger partial charge < -0.3 is 25.4 Å². The van der Waals surface area contributed by atoms with Gasteiger partial charge >= 0.3 is 0 Å². The van der Waals surface area contributed by atoms with E-state index in [1.54, 1.807) is 26.3 Å². The second-order valence-electron chi connectivity index (χ2n) is 6.53. The molecule has 1 aromatic rings. The molecule has 0 radical (unpaired) electrons. The minimum atomic E-state index is 0.257. The highest BCUT2D eigenvalue weighted by atomic mass is 16.5. The van der Waals surface area contributed by atoms with Crippen LogP contribution < -0.4 is 15.4 Å². The molecule has 140 valence electrons. The molecule has 25 heavy (non-hydrogen) atoms. The van der Waals surface area contributed by atoms with E-state index in [0.29, 0.717) is 12.6 Å². The molecule has 1 fully saturated rings. The predicted molar refractivity (Wildman–Crippen MR) is 102 cm³/mol. The number of phenolic OH excluding ortho intramolecular Hbond substituents is 1. The van der Waals surface area contributed by atoms with Gasteiger partial charge in [-0.1, -0.05) is 13.3 Å². The number of methoxy groups -OCH3 is 1. The highest BCUT2D eigenvalue weighted by molar-refractivity contribution is 5.80. The van der Waals surface area contributed by atoms with Crippen molar-refractivity contribution in [3.05, 3.63) is 23.8 Å². The van der Waals surface area contributed by atoms with Gasteiger partial charge in [-0.05, 0) is 44.0 Å². The molecule has 3 N–H and O–H groups in total. The van der Waals surface area contributed by atoms with Crippen molar-refractivity contribution < 1.29 is 9.84 Å². The molecule has 0 aromatic heterocycles. The average Bonchev–Trinajstić information content (AvgIpc) is 2.65. The lowest BCUT2D eigenvalue weighted by Gasteiger charge is -2.33. The number of rotatable bonds is 7. The summed E-state index contributed by atoms with van der Waals surface area (Å²) in [6.45, 7) is 6.24. The third-order valence-corrected chi connectivity index (χ3v) is 4.71. The van der Waals surface area contributed by atoms with Crippen LogP contribution in [0.25, 0.3) is 0 Å². The molecule has 1 saturated heterocycles. The Balaban J connectivity index is 1.80. The van der Waals surface area contributed by atoms with Crippen LogP contribution in [-0.2, 0) is 6.54 Å². The molecule has 1 heterocycles. The van der Waals surface area contributed by atoms with Crippen molar-refractivity contribution in [3.63, 3.8) is 0 Å². The molecule has 0 bridgehead atoms. The number of ether oxygens (including phenoxy) is 1. The van der Waals surface area contributed by atoms with Crippen LogP contribution in [0.2, 0.25) is 0 Å². The average molecular weight is 348 g/mol. The number of aromatic hydroxyl groups is 1. The van der Waals surface area contributed by atoms with Gasteiger partial charge in [0.15, 0.2) is 5.96 Å². The summed E-state index contributed by atoms with van der Waals surface area (Å²) in [6, 6.07) is 5.68. The minimum Gasteiger partial charge on any atom is -0.508 e. The molecule has 1 aromatic carbocycles. The maximum atomic E-state index is 9.98. The van der Waals surface area contributed by atoms with Gasteiger partial charge in [-0.3, -0.25) is 4.99 Å². The van der Waals surface area contributed by atoms with E-state index in [1.807, 2.05) is 6.07 Å². The van der Waals surface area contributed by atoms with Crippen LogP contribution in [0.15, 0.2) is 23.2 Å². The van der Waals surface area contributed by atoms with Crippen molar-refractivity contribution in [2.75, 3.05) is 33.8 Å². The van der Waals surface area contributed by atoms with Crippen molar-refractivity contribution in [2.45, 2.75) is 45.2 Å². The van der Waals surface area contributed by atoms with Crippen LogP contribution in [0.1, 0.15) is 38.2 Å². The summed E-state index contributed by atoms with van der Waals surface area (Å²) in [5, 5.41) is 16.8. The Morgan fingerprint density at radius 1 is 1.36 bits per heavy atom. The summed E-state index contributed by atoms with van der Waals surface area (Å²) in [5.41, 5.74) is 0.789. The first-order valence-corrected chi connectivity index (χ1v) is 9.21. The predicted octanol–water partition coefficient (Wildman–Crippen LogP) is 2.33. The van der Waals surface area contributed by atoms with Gasteiger partial charge in [-0.2, -0.15) is 0 Å². The van der Waals surface area contributed by atoms with Crippen molar-refractivity contribution in [2.24, 2.45) is 4.99 Å². The fourth-order valence-electron chi connectivity index (χ4n) is 3.08. The van der Waals surface area contributed by atoms with Gasteiger partial charge in [0.05, 0.1) is 7.11 Å². The van der Waals surface area contributed by atoms with Crippen LogP contribution in [0, 0.1) is 0 Å². The van der Waals surface area contributed by atoms with E-state index >= 15 is 0 Å². The monoisotopic (exact) mass is 348 g/mol. The van der Waals surface area contributed by atoms with Crippen LogP contribution in [0.3, 0.4) is 0 Å². The van der Waals surface area contributed by atoms with Gasteiger partial charge in [-0.15, -0.1) is 0 Å². The fourth-order valence-corrected chi connectivity index (χ4v) is 3.08. The quantitative estimate of drug-likeness (QED) is 0.521. The Bertz CT molecular complexity index is 554. The lowest BCUT2D eigenvalue weighted by molar-refractivity contribution is 0.203. The van der Waals surface area contributed by atoms with Crippen molar-refractivity contribution >= 4 is 5.96 Å². The molecule has 6 heteroatoms. The smallest absolute Gasteiger partial charge is 0.191 e. The van der Waals surface area contributed by atoms with E-state index in [2.05, 4.69) is 27.4 Å². The molecule has 1 aliphatic heterocycles. The zero-order valence-electron chi connectivity index (χ0n) is 15.7. The Hall–Kier alpha value is -1.95. The summed E-state index contributed by atoms with van der Waals surface area (Å²) in [7, 11) is 3.40. The van der Waals surface area contributed by atoms with Gasteiger partial charge in [0.25, 0.3) is 0 Å². The SMILES string of the molecule is CCCCN1CCC(NC(=NC)NCc2cc(OC)ccc2O)CC1. The van der Waals surface area contributed by atoms with Crippen molar-refractivity contribution in [1.82, 2.24) is 15.5 Å². The third-order valence-electron chi connectivity index (χ3n) is 4.71. The standard InChI is InChI=1S/C19H32N4O2/c1-4-5-10-23-11-8-16(9-12-23)22-19(20-2)21-14-15-13-17(25-3)6-7-18(15)24/h6-7,13,16,24H,4-5,8-12,14H2,1-3H3,(H2,20,21,22). The number of nitrogens with one attached hydrogen (secondary N) is 2. The van der Waals surface area contributed by atoms with E-state index in [-0.39, 0.29) is 5.75 Å². The Labute approximate surface area is 151 Å². The lowest BCUT2D eigenvalue weighted by Crippen LogP contribution is -2.48. The second-order valence-corrected chi connectivity index (χ2v) is 6.53. The number of unbranched alkanes of at least 4 members (excludes halogenated alkanes) is 1. The summed E-state index contributed by atoms with van der Waals surface area (Å²) >= 11 is 0. The zero-order valence-corrected chi connectivity index (χ0v) is 15.7. The first-order chi connectivity index (χ1) is 12.2. The largest absolute Gasteiger partial charge is 0.508 e. The minimum absolute atomic E-state index is 0.257. The molecular formula is C19H32N4O2. The Morgan fingerprint density at radius 2 is 2.12 bits per heavy atom. The first-order valence-electron chi connectivity index (χ1n) is 9.21. The summed E-state index contributed by atoms with van der Waals surface area (Å²) in [6.07, 6.45) is 4.81. The molecule has 0 amide bonds. The Morgan fingerprint density at radius 3 is 2.76 bits per heavy atom. The van der Waals surface area contributed by atoms with Gasteiger partial charge in [0.1, 0.15) is 11.5 Å². The first kappa shape index (κ1) is 19.4. The normalized spacial score (nSPS) is 16.7. The lowest BCUT2D eigenvalue weighted by atomic mass is 10.0. The van der Waals surface area contributed by atoms with Gasteiger partial charge in [0, 0.05) is 38.3 Å². The number of hydrogen-bond acceptors (Lipinski definition) is 4. The van der Waals surface area contributed by atoms with Crippen molar-refractivity contribution in [1.29, 1.82) is 0 Å². The third kappa shape index (κ3) is 6.12. The number of aliphatic imine (C=N–C) groups is 1. The maximum absolute atomic E-state index is 9.98. The zero-order chi connectivity index (χ0) is 18.1. The molecule has 0 atom stereocenters. The number of hydrogen-bond donors (Lipinski definition) is 3. The summed E-state index contributed by atoms with van der Waals surface area (Å²) in [5.74, 6) is 1.76. The summed E-state index contributed by atoms with van der Waals surface area (Å²) in [4.78, 5) is 6.85. The van der Waals surface area contributed by atoms with Crippen LogP contribution in [0.5, 0.6) is 11.5 Å². The summed E-state index contributed by atoms with van der Waals surface area (Å²) < 4.78 is 5.21. The number of nitrogens with zero attached hydrogens (tertiary/aromatic N) is 2. The number of likely N-dealkylation sites (tertiary alicyclic amines) is 1. The number of phenols is 1. The van der Waals surface area contributed by atoms with Crippen molar-refractivity contribution in [3.8, 4) is 11.5 Å². The number of benzene rings is 1. The van der Waals surface area contributed by atoms with E-state index in [4.69, 9.17) is 4.74 Å². The Kier molecular flexibility index (Phi) is 7.85. The highest BCUT2D eigenvalue weighted by Crippen LogP contribution is 2.22. The van der Waals surface area contributed by atoms with Crippen LogP contribution in [-0.4, -0.2) is 55.8 Å². The fraction of sp³-hybridized carbons (Fsp3) is 0.632. The molecule has 0 unspecified atom stereocenters. The van der Waals surface area contributed by atoms with E-state index < -0.39 is 0 Å². The molecule has 2 rings (SSSR count). The topological polar surface area (TPSA) is 69.1 Å². The molecule has 0 spiro atoms.